The van der Waals surface area contributed by atoms with Gasteiger partial charge >= 0.3 is 0 Å². The molecule has 2 heterocycles. The minimum atomic E-state index is -0.502. The Morgan fingerprint density at radius 2 is 1.87 bits per heavy atom. The third-order valence-corrected chi connectivity index (χ3v) is 5.58. The lowest BCUT2D eigenvalue weighted by Crippen LogP contribution is -2.37. The predicted octanol–water partition coefficient (Wildman–Crippen LogP) is 4.09. The minimum Gasteiger partial charge on any atom is -0.325 e. The molecule has 1 saturated heterocycles. The molecule has 5 heteroatoms. The molecule has 0 bridgehead atoms. The van der Waals surface area contributed by atoms with Crippen molar-refractivity contribution < 1.29 is 4.79 Å². The van der Waals surface area contributed by atoms with Crippen molar-refractivity contribution in [2.75, 3.05) is 18.4 Å². The van der Waals surface area contributed by atoms with Crippen LogP contribution in [-0.4, -0.2) is 23.9 Å². The molecule has 2 aromatic carbocycles. The fraction of sp³-hybridized carbons (Fsp3) is 0.278. The second-order valence-electron chi connectivity index (χ2n) is 6.29. The SMILES string of the molecule is O=C1Nc2cc(Cl)c(Cl)cc2C12CCN(Cc1ccccc1)C2. The first kappa shape index (κ1) is 15.0. The summed E-state index contributed by atoms with van der Waals surface area (Å²) in [5.41, 5.74) is 2.54. The maximum Gasteiger partial charge on any atom is 0.236 e. The van der Waals surface area contributed by atoms with Crippen molar-refractivity contribution in [3.63, 3.8) is 0 Å². The summed E-state index contributed by atoms with van der Waals surface area (Å²) in [5, 5.41) is 3.95. The van der Waals surface area contributed by atoms with Crippen LogP contribution >= 0.6 is 23.2 Å². The van der Waals surface area contributed by atoms with E-state index >= 15 is 0 Å². The predicted molar refractivity (Wildman–Crippen MR) is 93.1 cm³/mol. The van der Waals surface area contributed by atoms with Gasteiger partial charge in [-0.3, -0.25) is 9.69 Å². The van der Waals surface area contributed by atoms with Crippen molar-refractivity contribution in [3.05, 3.63) is 63.6 Å². The van der Waals surface area contributed by atoms with Gasteiger partial charge in [0, 0.05) is 18.8 Å². The number of nitrogens with one attached hydrogen (secondary N) is 1. The Bertz CT molecular complexity index is 778. The van der Waals surface area contributed by atoms with E-state index in [-0.39, 0.29) is 5.91 Å². The van der Waals surface area contributed by atoms with Crippen molar-refractivity contribution in [2.24, 2.45) is 0 Å². The summed E-state index contributed by atoms with van der Waals surface area (Å²) in [6.07, 6.45) is 0.802. The summed E-state index contributed by atoms with van der Waals surface area (Å²) in [5.74, 6) is 0.0568. The van der Waals surface area contributed by atoms with Crippen molar-refractivity contribution in [1.82, 2.24) is 4.90 Å². The third kappa shape index (κ3) is 2.44. The second kappa shape index (κ2) is 5.52. The average Bonchev–Trinajstić information content (AvgIpc) is 3.06. The summed E-state index contributed by atoms with van der Waals surface area (Å²) in [6.45, 7) is 2.45. The van der Waals surface area contributed by atoms with Gasteiger partial charge in [-0.05, 0) is 36.2 Å². The van der Waals surface area contributed by atoms with E-state index < -0.39 is 5.41 Å². The van der Waals surface area contributed by atoms with Gasteiger partial charge in [-0.1, -0.05) is 53.5 Å². The zero-order valence-corrected chi connectivity index (χ0v) is 14.0. The summed E-state index contributed by atoms with van der Waals surface area (Å²) >= 11 is 12.3. The maximum atomic E-state index is 12.7. The number of likely N-dealkylation sites (tertiary alicyclic amines) is 1. The van der Waals surface area contributed by atoms with Gasteiger partial charge < -0.3 is 5.32 Å². The molecule has 1 atom stereocenters. The Morgan fingerprint density at radius 1 is 1.13 bits per heavy atom. The number of anilines is 1. The Labute approximate surface area is 145 Å². The maximum absolute atomic E-state index is 12.7. The van der Waals surface area contributed by atoms with Gasteiger partial charge in [0.25, 0.3) is 0 Å². The molecular weight excluding hydrogens is 331 g/mol. The molecule has 1 unspecified atom stereocenters. The molecule has 1 N–H and O–H groups in total. The van der Waals surface area contributed by atoms with Gasteiger partial charge in [0.2, 0.25) is 5.91 Å². The smallest absolute Gasteiger partial charge is 0.236 e. The van der Waals surface area contributed by atoms with Crippen LogP contribution in [0.3, 0.4) is 0 Å². The monoisotopic (exact) mass is 346 g/mol. The third-order valence-electron chi connectivity index (χ3n) is 4.86. The number of hydrogen-bond donors (Lipinski definition) is 1. The summed E-state index contributed by atoms with van der Waals surface area (Å²) in [6, 6.07) is 13.9. The van der Waals surface area contributed by atoms with E-state index in [1.165, 1.54) is 5.56 Å². The molecule has 1 fully saturated rings. The van der Waals surface area contributed by atoms with Crippen LogP contribution in [0.2, 0.25) is 10.0 Å². The minimum absolute atomic E-state index is 0.0568. The van der Waals surface area contributed by atoms with Gasteiger partial charge in [-0.15, -0.1) is 0 Å². The number of rotatable bonds is 2. The highest BCUT2D eigenvalue weighted by Crippen LogP contribution is 2.46. The Morgan fingerprint density at radius 3 is 2.65 bits per heavy atom. The van der Waals surface area contributed by atoms with Crippen LogP contribution in [0.1, 0.15) is 17.5 Å². The number of halogens is 2. The zero-order valence-electron chi connectivity index (χ0n) is 12.5. The van der Waals surface area contributed by atoms with E-state index in [1.807, 2.05) is 24.3 Å². The molecule has 2 aromatic rings. The average molecular weight is 347 g/mol. The van der Waals surface area contributed by atoms with E-state index in [0.717, 1.165) is 30.8 Å². The molecule has 3 nitrogen and oxygen atoms in total. The van der Waals surface area contributed by atoms with Gasteiger partial charge in [0.15, 0.2) is 0 Å². The van der Waals surface area contributed by atoms with Crippen LogP contribution < -0.4 is 5.32 Å². The molecule has 2 aliphatic rings. The first-order chi connectivity index (χ1) is 11.1. The van der Waals surface area contributed by atoms with Gasteiger partial charge in [0.05, 0.1) is 15.5 Å². The molecule has 1 amide bonds. The molecule has 23 heavy (non-hydrogen) atoms. The molecule has 0 radical (unpaired) electrons. The Hall–Kier alpha value is -1.55. The van der Waals surface area contributed by atoms with Crippen LogP contribution in [0.25, 0.3) is 0 Å². The van der Waals surface area contributed by atoms with Crippen molar-refractivity contribution in [1.29, 1.82) is 0 Å². The molecular formula is C18H16Cl2N2O. The first-order valence-electron chi connectivity index (χ1n) is 7.66. The quantitative estimate of drug-likeness (QED) is 0.888. The molecule has 118 valence electrons. The zero-order chi connectivity index (χ0) is 16.0. The normalized spacial score (nSPS) is 23.3. The number of amides is 1. The van der Waals surface area contributed by atoms with Gasteiger partial charge in [-0.2, -0.15) is 0 Å². The topological polar surface area (TPSA) is 32.3 Å². The van der Waals surface area contributed by atoms with Crippen LogP contribution in [0.4, 0.5) is 5.69 Å². The highest BCUT2D eigenvalue weighted by Gasteiger charge is 2.51. The lowest BCUT2D eigenvalue weighted by molar-refractivity contribution is -0.120. The van der Waals surface area contributed by atoms with E-state index in [9.17, 15) is 4.79 Å². The van der Waals surface area contributed by atoms with Gasteiger partial charge in [-0.25, -0.2) is 0 Å². The number of nitrogens with zero attached hydrogens (tertiary/aromatic N) is 1. The first-order valence-corrected chi connectivity index (χ1v) is 8.41. The number of carbonyl (C=O) groups excluding carboxylic acids is 1. The van der Waals surface area contributed by atoms with Crippen LogP contribution in [0, 0.1) is 0 Å². The molecule has 2 aliphatic heterocycles. The van der Waals surface area contributed by atoms with Crippen LogP contribution in [-0.2, 0) is 16.8 Å². The number of benzene rings is 2. The van der Waals surface area contributed by atoms with Crippen LogP contribution in [0.15, 0.2) is 42.5 Å². The van der Waals surface area contributed by atoms with E-state index in [2.05, 4.69) is 22.3 Å². The van der Waals surface area contributed by atoms with Crippen molar-refractivity contribution in [3.8, 4) is 0 Å². The lowest BCUT2D eigenvalue weighted by atomic mass is 9.81. The summed E-state index contributed by atoms with van der Waals surface area (Å²) in [7, 11) is 0. The highest BCUT2D eigenvalue weighted by atomic mass is 35.5. The molecule has 0 aliphatic carbocycles. The molecule has 0 aromatic heterocycles. The summed E-state index contributed by atoms with van der Waals surface area (Å²) in [4.78, 5) is 15.0. The highest BCUT2D eigenvalue weighted by molar-refractivity contribution is 6.42. The van der Waals surface area contributed by atoms with E-state index in [1.54, 1.807) is 6.07 Å². The Kier molecular flexibility index (Phi) is 3.60. The fourth-order valence-corrected chi connectivity index (χ4v) is 4.01. The van der Waals surface area contributed by atoms with Crippen LogP contribution in [0.5, 0.6) is 0 Å². The largest absolute Gasteiger partial charge is 0.325 e. The number of hydrogen-bond acceptors (Lipinski definition) is 2. The second-order valence-corrected chi connectivity index (χ2v) is 7.11. The van der Waals surface area contributed by atoms with Gasteiger partial charge in [0.1, 0.15) is 0 Å². The fourth-order valence-electron chi connectivity index (χ4n) is 3.68. The van der Waals surface area contributed by atoms with Crippen molar-refractivity contribution in [2.45, 2.75) is 18.4 Å². The lowest BCUT2D eigenvalue weighted by Gasteiger charge is -2.23. The van der Waals surface area contributed by atoms with E-state index in [4.69, 9.17) is 23.2 Å². The van der Waals surface area contributed by atoms with E-state index in [0.29, 0.717) is 16.6 Å². The number of fused-ring (bicyclic) bond motifs is 2. The Balaban J connectivity index is 1.63. The molecule has 4 rings (SSSR count). The molecule has 1 spiro atoms. The standard InChI is InChI=1S/C18H16Cl2N2O/c19-14-8-13-16(9-15(14)20)21-17(23)18(13)6-7-22(11-18)10-12-4-2-1-3-5-12/h1-5,8-9H,6-7,10-11H2,(H,21,23). The molecule has 0 saturated carbocycles. The summed E-state index contributed by atoms with van der Waals surface area (Å²) < 4.78 is 0. The van der Waals surface area contributed by atoms with Crippen molar-refractivity contribution >= 4 is 34.8 Å². The number of carbonyl (C=O) groups is 1.